The van der Waals surface area contributed by atoms with Gasteiger partial charge in [0.25, 0.3) is 0 Å². The van der Waals surface area contributed by atoms with Crippen LogP contribution in [0.15, 0.2) is 4.90 Å². The smallest absolute Gasteiger partial charge is 0.184 e. The van der Waals surface area contributed by atoms with E-state index in [2.05, 4.69) is 9.69 Å². The van der Waals surface area contributed by atoms with Crippen molar-refractivity contribution in [1.29, 1.82) is 0 Å². The van der Waals surface area contributed by atoms with Crippen LogP contribution in [-0.2, 0) is 9.84 Å². The summed E-state index contributed by atoms with van der Waals surface area (Å²) in [6, 6.07) is 0. The lowest BCUT2D eigenvalue weighted by atomic mass is 9.87. The van der Waals surface area contributed by atoms with E-state index in [1.165, 1.54) is 0 Å². The number of nitrogens with two attached hydrogens (primary N) is 1. The molecule has 1 aliphatic rings. The SMILES string of the molecule is CCS(=O)(=O)c1c(N)nsc1NCC1CCCC(O)C1. The molecule has 2 unspecified atom stereocenters. The number of nitrogen functional groups attached to an aromatic ring is 1. The molecule has 1 saturated carbocycles. The quantitative estimate of drug-likeness (QED) is 0.759. The second kappa shape index (κ2) is 6.28. The van der Waals surface area contributed by atoms with Gasteiger partial charge < -0.3 is 16.2 Å². The van der Waals surface area contributed by atoms with Gasteiger partial charge in [-0.25, -0.2) is 8.42 Å². The Bertz CT molecular complexity index is 556. The molecule has 0 amide bonds. The lowest BCUT2D eigenvalue weighted by Crippen LogP contribution is -2.25. The van der Waals surface area contributed by atoms with E-state index in [1.807, 2.05) is 0 Å². The second-order valence-corrected chi connectivity index (χ2v) is 8.19. The van der Waals surface area contributed by atoms with Gasteiger partial charge in [-0.3, -0.25) is 0 Å². The zero-order valence-electron chi connectivity index (χ0n) is 11.5. The van der Waals surface area contributed by atoms with Crippen molar-refractivity contribution in [3.63, 3.8) is 0 Å². The fourth-order valence-corrected chi connectivity index (χ4v) is 4.71. The molecule has 1 fully saturated rings. The summed E-state index contributed by atoms with van der Waals surface area (Å²) < 4.78 is 28.0. The number of aliphatic hydroxyl groups excluding tert-OH is 1. The first-order valence-electron chi connectivity index (χ1n) is 6.84. The molecule has 0 saturated heterocycles. The van der Waals surface area contributed by atoms with Crippen LogP contribution in [0.2, 0.25) is 0 Å². The number of nitrogens with zero attached hydrogens (tertiary/aromatic N) is 1. The maximum Gasteiger partial charge on any atom is 0.184 e. The number of hydrogen-bond acceptors (Lipinski definition) is 7. The highest BCUT2D eigenvalue weighted by atomic mass is 32.2. The number of sulfone groups is 1. The molecule has 0 aliphatic heterocycles. The fraction of sp³-hybridized carbons (Fsp3) is 0.750. The molecule has 0 spiro atoms. The highest BCUT2D eigenvalue weighted by molar-refractivity contribution is 7.91. The van der Waals surface area contributed by atoms with E-state index in [9.17, 15) is 13.5 Å². The molecule has 1 heterocycles. The highest BCUT2D eigenvalue weighted by Gasteiger charge is 2.25. The van der Waals surface area contributed by atoms with Gasteiger partial charge in [0.2, 0.25) is 0 Å². The van der Waals surface area contributed by atoms with Crippen molar-refractivity contribution in [2.75, 3.05) is 23.3 Å². The van der Waals surface area contributed by atoms with E-state index >= 15 is 0 Å². The predicted molar refractivity (Wildman–Crippen MR) is 80.7 cm³/mol. The highest BCUT2D eigenvalue weighted by Crippen LogP contribution is 2.33. The van der Waals surface area contributed by atoms with Crippen LogP contribution >= 0.6 is 11.5 Å². The van der Waals surface area contributed by atoms with Gasteiger partial charge >= 0.3 is 0 Å². The Kier molecular flexibility index (Phi) is 4.87. The Morgan fingerprint density at radius 3 is 2.90 bits per heavy atom. The third kappa shape index (κ3) is 3.42. The molecular formula is C12H21N3O3S2. The third-order valence-electron chi connectivity index (χ3n) is 3.67. The van der Waals surface area contributed by atoms with E-state index in [4.69, 9.17) is 5.73 Å². The molecule has 4 N–H and O–H groups in total. The average molecular weight is 319 g/mol. The van der Waals surface area contributed by atoms with Crippen LogP contribution in [0.25, 0.3) is 0 Å². The number of aromatic nitrogens is 1. The number of anilines is 2. The summed E-state index contributed by atoms with van der Waals surface area (Å²) in [7, 11) is -3.37. The maximum absolute atomic E-state index is 12.0. The molecule has 0 radical (unpaired) electrons. The van der Waals surface area contributed by atoms with Crippen LogP contribution in [0.3, 0.4) is 0 Å². The van der Waals surface area contributed by atoms with Crippen LogP contribution in [0, 0.1) is 5.92 Å². The van der Waals surface area contributed by atoms with Crippen molar-refractivity contribution in [2.24, 2.45) is 5.92 Å². The first-order chi connectivity index (χ1) is 9.44. The van der Waals surface area contributed by atoms with Crippen molar-refractivity contribution in [1.82, 2.24) is 4.37 Å². The third-order valence-corrected chi connectivity index (χ3v) is 6.42. The topological polar surface area (TPSA) is 105 Å². The van der Waals surface area contributed by atoms with Crippen molar-refractivity contribution in [3.8, 4) is 0 Å². The van der Waals surface area contributed by atoms with Gasteiger partial charge in [-0.15, -0.1) is 0 Å². The van der Waals surface area contributed by atoms with Crippen molar-refractivity contribution >= 4 is 32.2 Å². The summed E-state index contributed by atoms with van der Waals surface area (Å²) in [5.41, 5.74) is 5.67. The maximum atomic E-state index is 12.0. The first-order valence-corrected chi connectivity index (χ1v) is 9.26. The van der Waals surface area contributed by atoms with E-state index in [0.717, 1.165) is 37.2 Å². The predicted octanol–water partition coefficient (Wildman–Crippen LogP) is 1.48. The fourth-order valence-electron chi connectivity index (χ4n) is 2.54. The minimum Gasteiger partial charge on any atom is -0.393 e. The van der Waals surface area contributed by atoms with Gasteiger partial charge in [0.05, 0.1) is 11.9 Å². The summed E-state index contributed by atoms with van der Waals surface area (Å²) in [6.45, 7) is 2.23. The Labute approximate surface area is 123 Å². The van der Waals surface area contributed by atoms with Gasteiger partial charge in [-0.05, 0) is 36.7 Å². The van der Waals surface area contributed by atoms with E-state index in [1.54, 1.807) is 6.92 Å². The monoisotopic (exact) mass is 319 g/mol. The van der Waals surface area contributed by atoms with Gasteiger partial charge in [0.1, 0.15) is 9.90 Å². The summed E-state index contributed by atoms with van der Waals surface area (Å²) in [4.78, 5) is 0.126. The molecule has 2 atom stereocenters. The summed E-state index contributed by atoms with van der Waals surface area (Å²) in [5.74, 6) is 0.439. The Morgan fingerprint density at radius 2 is 2.25 bits per heavy atom. The lowest BCUT2D eigenvalue weighted by Gasteiger charge is -2.26. The molecule has 0 bridgehead atoms. The molecule has 1 aromatic rings. The largest absolute Gasteiger partial charge is 0.393 e. The molecule has 114 valence electrons. The Hall–Kier alpha value is -0.860. The molecule has 2 rings (SSSR count). The molecule has 1 aliphatic carbocycles. The zero-order valence-corrected chi connectivity index (χ0v) is 13.1. The first kappa shape index (κ1) is 15.5. The molecule has 20 heavy (non-hydrogen) atoms. The molecule has 0 aromatic carbocycles. The lowest BCUT2D eigenvalue weighted by molar-refractivity contribution is 0.105. The van der Waals surface area contributed by atoms with Gasteiger partial charge in [-0.1, -0.05) is 13.3 Å². The minimum atomic E-state index is -3.37. The Balaban J connectivity index is 2.07. The number of rotatable bonds is 5. The zero-order chi connectivity index (χ0) is 14.8. The van der Waals surface area contributed by atoms with E-state index in [-0.39, 0.29) is 22.6 Å². The van der Waals surface area contributed by atoms with Crippen molar-refractivity contribution in [3.05, 3.63) is 0 Å². The van der Waals surface area contributed by atoms with E-state index < -0.39 is 9.84 Å². The summed E-state index contributed by atoms with van der Waals surface area (Å²) >= 11 is 1.08. The van der Waals surface area contributed by atoms with Crippen LogP contribution in [0.4, 0.5) is 10.8 Å². The van der Waals surface area contributed by atoms with Crippen LogP contribution in [0.5, 0.6) is 0 Å². The minimum absolute atomic E-state index is 0.00638. The average Bonchev–Trinajstić information content (AvgIpc) is 2.78. The summed E-state index contributed by atoms with van der Waals surface area (Å²) in [5, 5.41) is 13.3. The summed E-state index contributed by atoms with van der Waals surface area (Å²) in [6.07, 6.45) is 3.45. The molecular weight excluding hydrogens is 298 g/mol. The van der Waals surface area contributed by atoms with E-state index in [0.29, 0.717) is 17.5 Å². The van der Waals surface area contributed by atoms with Crippen LogP contribution in [0.1, 0.15) is 32.6 Å². The van der Waals surface area contributed by atoms with Crippen molar-refractivity contribution in [2.45, 2.75) is 43.6 Å². The molecule has 1 aromatic heterocycles. The van der Waals surface area contributed by atoms with Crippen molar-refractivity contribution < 1.29 is 13.5 Å². The standard InChI is InChI=1S/C12H21N3O3S2/c1-2-20(17,18)10-11(13)15-19-12(10)14-7-8-4-3-5-9(16)6-8/h8-9,14,16H,2-7H2,1H3,(H2,13,15). The van der Waals surface area contributed by atoms with Gasteiger partial charge in [0.15, 0.2) is 15.7 Å². The second-order valence-electron chi connectivity index (χ2n) is 5.20. The number of hydrogen-bond donors (Lipinski definition) is 3. The Morgan fingerprint density at radius 1 is 1.50 bits per heavy atom. The van der Waals surface area contributed by atoms with Crippen LogP contribution < -0.4 is 11.1 Å². The molecule has 8 heteroatoms. The number of nitrogens with one attached hydrogen (secondary N) is 1. The van der Waals surface area contributed by atoms with Gasteiger partial charge in [-0.2, -0.15) is 4.37 Å². The van der Waals surface area contributed by atoms with Gasteiger partial charge in [0, 0.05) is 6.54 Å². The normalized spacial score (nSPS) is 23.7. The number of aliphatic hydroxyl groups is 1. The molecule has 6 nitrogen and oxygen atoms in total. The van der Waals surface area contributed by atoms with Crippen LogP contribution in [-0.4, -0.2) is 36.3 Å².